The summed E-state index contributed by atoms with van der Waals surface area (Å²) in [6.45, 7) is 1.66. The third kappa shape index (κ3) is 4.49. The van der Waals surface area contributed by atoms with Gasteiger partial charge in [-0.15, -0.1) is 0 Å². The monoisotopic (exact) mass is 387 g/mol. The number of imide groups is 1. The molecule has 28 heavy (non-hydrogen) atoms. The molecule has 1 aliphatic heterocycles. The van der Waals surface area contributed by atoms with Crippen LogP contribution in [0, 0.1) is 18.8 Å². The van der Waals surface area contributed by atoms with Crippen LogP contribution in [0.2, 0.25) is 0 Å². The van der Waals surface area contributed by atoms with Crippen molar-refractivity contribution in [2.75, 3.05) is 13.2 Å². The number of nitrogens with one attached hydrogen (secondary N) is 2. The number of amides is 4. The van der Waals surface area contributed by atoms with Crippen molar-refractivity contribution in [1.29, 1.82) is 0 Å². The molecule has 150 valence electrons. The van der Waals surface area contributed by atoms with Crippen molar-refractivity contribution in [3.8, 4) is 5.75 Å². The number of para-hydroxylation sites is 1. The van der Waals surface area contributed by atoms with Crippen molar-refractivity contribution in [2.45, 2.75) is 39.0 Å². The number of rotatable bonds is 6. The Hall–Kier alpha value is -2.90. The summed E-state index contributed by atoms with van der Waals surface area (Å²) in [6, 6.07) is 7.29. The van der Waals surface area contributed by atoms with Crippen molar-refractivity contribution in [3.05, 3.63) is 29.8 Å². The quantitative estimate of drug-likeness (QED) is 0.562. The molecule has 1 heterocycles. The number of hydrazine groups is 1. The Bertz CT molecular complexity index is 755. The number of nitrogens with zero attached hydrogens (tertiary/aromatic N) is 1. The summed E-state index contributed by atoms with van der Waals surface area (Å²) >= 11 is 0. The van der Waals surface area contributed by atoms with Crippen molar-refractivity contribution >= 4 is 23.6 Å². The molecule has 2 aliphatic rings. The highest BCUT2D eigenvalue weighted by atomic mass is 16.5. The Balaban J connectivity index is 1.38. The lowest BCUT2D eigenvalue weighted by molar-refractivity contribution is -0.140. The van der Waals surface area contributed by atoms with Crippen LogP contribution in [0.25, 0.3) is 0 Å². The second kappa shape index (κ2) is 8.86. The summed E-state index contributed by atoms with van der Waals surface area (Å²) in [5.41, 5.74) is 5.45. The van der Waals surface area contributed by atoms with Gasteiger partial charge in [0.2, 0.25) is 17.7 Å². The van der Waals surface area contributed by atoms with Crippen LogP contribution in [0.3, 0.4) is 0 Å². The average Bonchev–Trinajstić information content (AvgIpc) is 2.94. The molecule has 0 radical (unpaired) electrons. The lowest BCUT2D eigenvalue weighted by Crippen LogP contribution is -2.45. The molecule has 2 atom stereocenters. The second-order valence-electron chi connectivity index (χ2n) is 7.23. The Kier molecular flexibility index (Phi) is 6.28. The Labute approximate surface area is 163 Å². The summed E-state index contributed by atoms with van der Waals surface area (Å²) < 4.78 is 5.39. The fourth-order valence-corrected chi connectivity index (χ4v) is 3.76. The molecular formula is C20H25N3O5. The van der Waals surface area contributed by atoms with Crippen LogP contribution in [0.5, 0.6) is 5.75 Å². The van der Waals surface area contributed by atoms with Crippen LogP contribution in [0.4, 0.5) is 0 Å². The fourth-order valence-electron chi connectivity index (χ4n) is 3.76. The van der Waals surface area contributed by atoms with Gasteiger partial charge in [-0.3, -0.25) is 34.9 Å². The summed E-state index contributed by atoms with van der Waals surface area (Å²) in [5, 5.41) is 0. The summed E-state index contributed by atoms with van der Waals surface area (Å²) in [5.74, 6) is -1.16. The third-order valence-corrected chi connectivity index (χ3v) is 5.29. The number of hydrogen-bond acceptors (Lipinski definition) is 5. The molecule has 2 N–H and O–H groups in total. The predicted octanol–water partition coefficient (Wildman–Crippen LogP) is 1.09. The number of likely N-dealkylation sites (tertiary alicyclic amines) is 1. The van der Waals surface area contributed by atoms with Crippen LogP contribution < -0.4 is 15.6 Å². The maximum absolute atomic E-state index is 12.4. The number of aryl methyl sites for hydroxylation is 1. The standard InChI is InChI=1S/C20H25N3O5/c1-13-6-2-5-9-16(13)28-12-18(25)22-21-17(24)10-11-23-19(26)14-7-3-4-8-15(14)20(23)27/h2,5-6,9,14-15H,3-4,7-8,10-12H2,1H3,(H,21,24)(H,22,25)/t14-,15+. The number of benzene rings is 1. The highest BCUT2D eigenvalue weighted by molar-refractivity contribution is 6.05. The van der Waals surface area contributed by atoms with Gasteiger partial charge in [-0.1, -0.05) is 31.0 Å². The molecule has 4 amide bonds. The first-order valence-corrected chi connectivity index (χ1v) is 9.58. The number of ether oxygens (including phenoxy) is 1. The minimum Gasteiger partial charge on any atom is -0.483 e. The molecule has 0 spiro atoms. The lowest BCUT2D eigenvalue weighted by atomic mass is 9.81. The van der Waals surface area contributed by atoms with Gasteiger partial charge >= 0.3 is 0 Å². The van der Waals surface area contributed by atoms with Gasteiger partial charge in [-0.05, 0) is 31.4 Å². The van der Waals surface area contributed by atoms with E-state index in [2.05, 4.69) is 10.9 Å². The minimum atomic E-state index is -0.504. The van der Waals surface area contributed by atoms with E-state index >= 15 is 0 Å². The van der Waals surface area contributed by atoms with Crippen LogP contribution in [-0.2, 0) is 19.2 Å². The molecule has 0 bridgehead atoms. The zero-order chi connectivity index (χ0) is 20.1. The van der Waals surface area contributed by atoms with Crippen molar-refractivity contribution in [2.24, 2.45) is 11.8 Å². The van der Waals surface area contributed by atoms with Crippen molar-refractivity contribution < 1.29 is 23.9 Å². The maximum Gasteiger partial charge on any atom is 0.276 e. The van der Waals surface area contributed by atoms with Crippen LogP contribution >= 0.6 is 0 Å². The predicted molar refractivity (Wildman–Crippen MR) is 99.7 cm³/mol. The SMILES string of the molecule is Cc1ccccc1OCC(=O)NNC(=O)CCN1C(=O)[C@H]2CCCC[C@H]2C1=O. The summed E-state index contributed by atoms with van der Waals surface area (Å²) in [7, 11) is 0. The first-order valence-electron chi connectivity index (χ1n) is 9.58. The average molecular weight is 387 g/mol. The van der Waals surface area contributed by atoms with Crippen molar-refractivity contribution in [3.63, 3.8) is 0 Å². The van der Waals surface area contributed by atoms with Crippen LogP contribution in [0.1, 0.15) is 37.7 Å². The van der Waals surface area contributed by atoms with E-state index in [9.17, 15) is 19.2 Å². The van der Waals surface area contributed by atoms with Gasteiger partial charge in [-0.25, -0.2) is 0 Å². The maximum atomic E-state index is 12.4. The van der Waals surface area contributed by atoms with Gasteiger partial charge < -0.3 is 4.74 Å². The topological polar surface area (TPSA) is 105 Å². The van der Waals surface area contributed by atoms with Crippen LogP contribution in [0.15, 0.2) is 24.3 Å². The molecule has 8 nitrogen and oxygen atoms in total. The third-order valence-electron chi connectivity index (χ3n) is 5.29. The molecule has 0 aromatic heterocycles. The molecule has 3 rings (SSSR count). The van der Waals surface area contributed by atoms with Crippen LogP contribution in [-0.4, -0.2) is 41.7 Å². The first kappa shape index (κ1) is 19.9. The molecule has 1 aliphatic carbocycles. The largest absolute Gasteiger partial charge is 0.483 e. The number of fused-ring (bicyclic) bond motifs is 1. The van der Waals surface area contributed by atoms with E-state index in [4.69, 9.17) is 4.74 Å². The van der Waals surface area contributed by atoms with Gasteiger partial charge in [0.25, 0.3) is 5.91 Å². The molecule has 2 fully saturated rings. The number of hydrogen-bond donors (Lipinski definition) is 2. The molecule has 0 unspecified atom stereocenters. The summed E-state index contributed by atoms with van der Waals surface area (Å²) in [6.07, 6.45) is 3.36. The first-order chi connectivity index (χ1) is 13.5. The van der Waals surface area contributed by atoms with E-state index in [0.717, 1.165) is 31.2 Å². The smallest absolute Gasteiger partial charge is 0.276 e. The number of carbonyl (C=O) groups is 4. The Morgan fingerprint density at radius 2 is 1.64 bits per heavy atom. The fraction of sp³-hybridized carbons (Fsp3) is 0.500. The van der Waals surface area contributed by atoms with E-state index in [1.807, 2.05) is 19.1 Å². The second-order valence-corrected chi connectivity index (χ2v) is 7.23. The molecular weight excluding hydrogens is 362 g/mol. The highest BCUT2D eigenvalue weighted by Gasteiger charge is 2.47. The van der Waals surface area contributed by atoms with E-state index in [1.165, 1.54) is 4.90 Å². The highest BCUT2D eigenvalue weighted by Crippen LogP contribution is 2.37. The minimum absolute atomic E-state index is 0.0338. The van der Waals surface area contributed by atoms with Gasteiger partial charge in [0, 0.05) is 13.0 Å². The molecule has 1 aromatic carbocycles. The zero-order valence-corrected chi connectivity index (χ0v) is 15.9. The Morgan fingerprint density at radius 3 is 2.29 bits per heavy atom. The van der Waals surface area contributed by atoms with Gasteiger partial charge in [0.15, 0.2) is 6.61 Å². The summed E-state index contributed by atoms with van der Waals surface area (Å²) in [4.78, 5) is 49.7. The van der Waals surface area contributed by atoms with E-state index in [0.29, 0.717) is 5.75 Å². The van der Waals surface area contributed by atoms with Crippen molar-refractivity contribution in [1.82, 2.24) is 15.8 Å². The van der Waals surface area contributed by atoms with E-state index in [1.54, 1.807) is 12.1 Å². The van der Waals surface area contributed by atoms with E-state index in [-0.39, 0.29) is 43.2 Å². The van der Waals surface area contributed by atoms with Gasteiger partial charge in [0.05, 0.1) is 11.8 Å². The zero-order valence-electron chi connectivity index (χ0n) is 15.9. The lowest BCUT2D eigenvalue weighted by Gasteiger charge is -2.19. The molecule has 8 heteroatoms. The Morgan fingerprint density at radius 1 is 1.04 bits per heavy atom. The van der Waals surface area contributed by atoms with Gasteiger partial charge in [-0.2, -0.15) is 0 Å². The molecule has 1 aromatic rings. The molecule has 1 saturated carbocycles. The normalized spacial score (nSPS) is 21.2. The van der Waals surface area contributed by atoms with E-state index < -0.39 is 11.8 Å². The molecule has 1 saturated heterocycles. The van der Waals surface area contributed by atoms with Gasteiger partial charge in [0.1, 0.15) is 5.75 Å². The number of carbonyl (C=O) groups excluding carboxylic acids is 4.